The van der Waals surface area contributed by atoms with Gasteiger partial charge in [0.2, 0.25) is 5.91 Å². The molecule has 0 aliphatic carbocycles. The van der Waals surface area contributed by atoms with Crippen LogP contribution in [0.5, 0.6) is 5.75 Å². The molecule has 4 nitrogen and oxygen atoms in total. The van der Waals surface area contributed by atoms with Gasteiger partial charge in [-0.05, 0) is 62.8 Å². The number of hydrogen-bond donors (Lipinski definition) is 1. The Morgan fingerprint density at radius 3 is 2.92 bits per heavy atom. The third-order valence-corrected chi connectivity index (χ3v) is 4.91. The quantitative estimate of drug-likeness (QED) is 0.770. The lowest BCUT2D eigenvalue weighted by atomic mass is 9.92. The van der Waals surface area contributed by atoms with Crippen LogP contribution in [0.15, 0.2) is 18.2 Å². The average Bonchev–Trinajstić information content (AvgIpc) is 2.54. The first-order chi connectivity index (χ1) is 11.0. The smallest absolute Gasteiger partial charge is 0.222 e. The Bertz CT molecular complexity index is 538. The van der Waals surface area contributed by atoms with Crippen molar-refractivity contribution in [3.8, 4) is 5.75 Å². The molecule has 1 aromatic carbocycles. The van der Waals surface area contributed by atoms with Gasteiger partial charge in [-0.2, -0.15) is 0 Å². The Hall–Kier alpha value is -0.970. The first-order valence-electron chi connectivity index (χ1n) is 8.39. The van der Waals surface area contributed by atoms with Crippen LogP contribution in [-0.2, 0) is 4.79 Å². The molecule has 1 heterocycles. The predicted molar refractivity (Wildman–Crippen MR) is 101 cm³/mol. The fourth-order valence-corrected chi connectivity index (χ4v) is 3.06. The Morgan fingerprint density at radius 2 is 2.25 bits per heavy atom. The molecular formula is C18H28Cl2N2O2. The second-order valence-electron chi connectivity index (χ2n) is 6.46. The first-order valence-corrected chi connectivity index (χ1v) is 8.77. The molecule has 6 heteroatoms. The molecule has 1 aliphatic rings. The van der Waals surface area contributed by atoms with Crippen molar-refractivity contribution in [1.82, 2.24) is 4.90 Å². The van der Waals surface area contributed by atoms with Crippen molar-refractivity contribution in [3.05, 3.63) is 28.8 Å². The van der Waals surface area contributed by atoms with Crippen LogP contribution in [0.3, 0.4) is 0 Å². The van der Waals surface area contributed by atoms with E-state index in [0.717, 1.165) is 48.7 Å². The van der Waals surface area contributed by atoms with Crippen molar-refractivity contribution in [2.45, 2.75) is 45.6 Å². The van der Waals surface area contributed by atoms with Gasteiger partial charge >= 0.3 is 0 Å². The molecule has 1 aromatic rings. The van der Waals surface area contributed by atoms with Gasteiger partial charge in [0, 0.05) is 30.6 Å². The third-order valence-electron chi connectivity index (χ3n) is 4.49. The van der Waals surface area contributed by atoms with Gasteiger partial charge in [0.25, 0.3) is 0 Å². The van der Waals surface area contributed by atoms with E-state index >= 15 is 0 Å². The summed E-state index contributed by atoms with van der Waals surface area (Å²) in [5.41, 5.74) is 6.97. The number of carbonyl (C=O) groups excluding carboxylic acids is 1. The molecule has 1 aliphatic heterocycles. The molecule has 2 unspecified atom stereocenters. The van der Waals surface area contributed by atoms with Crippen molar-refractivity contribution in [2.75, 3.05) is 19.7 Å². The zero-order valence-electron chi connectivity index (χ0n) is 14.5. The maximum absolute atomic E-state index is 12.3. The molecule has 2 rings (SSSR count). The molecule has 24 heavy (non-hydrogen) atoms. The number of nitrogens with two attached hydrogens (primary N) is 1. The summed E-state index contributed by atoms with van der Waals surface area (Å²) in [4.78, 5) is 14.3. The molecule has 1 fully saturated rings. The lowest BCUT2D eigenvalue weighted by Crippen LogP contribution is -2.45. The molecule has 0 saturated carbocycles. The summed E-state index contributed by atoms with van der Waals surface area (Å²) >= 11 is 5.99. The zero-order chi connectivity index (χ0) is 16.8. The van der Waals surface area contributed by atoms with Crippen molar-refractivity contribution in [2.24, 2.45) is 11.7 Å². The monoisotopic (exact) mass is 374 g/mol. The Kier molecular flexibility index (Phi) is 8.88. The highest BCUT2D eigenvalue weighted by Gasteiger charge is 2.25. The summed E-state index contributed by atoms with van der Waals surface area (Å²) < 4.78 is 5.69. The van der Waals surface area contributed by atoms with E-state index in [1.165, 1.54) is 0 Å². The average molecular weight is 375 g/mol. The minimum atomic E-state index is 0. The highest BCUT2D eigenvalue weighted by Crippen LogP contribution is 2.22. The van der Waals surface area contributed by atoms with Crippen molar-refractivity contribution >= 4 is 29.9 Å². The van der Waals surface area contributed by atoms with Crippen LogP contribution in [0.1, 0.15) is 38.2 Å². The van der Waals surface area contributed by atoms with E-state index in [1.807, 2.05) is 36.9 Å². The van der Waals surface area contributed by atoms with E-state index in [4.69, 9.17) is 22.1 Å². The summed E-state index contributed by atoms with van der Waals surface area (Å²) in [6.07, 6.45) is 3.43. The van der Waals surface area contributed by atoms with Crippen LogP contribution in [0.25, 0.3) is 0 Å². The van der Waals surface area contributed by atoms with Crippen LogP contribution in [0.2, 0.25) is 5.02 Å². The fourth-order valence-electron chi connectivity index (χ4n) is 2.94. The first kappa shape index (κ1) is 21.1. The van der Waals surface area contributed by atoms with Crippen molar-refractivity contribution < 1.29 is 9.53 Å². The highest BCUT2D eigenvalue weighted by atomic mass is 35.5. The minimum Gasteiger partial charge on any atom is -0.494 e. The molecule has 1 saturated heterocycles. The second kappa shape index (κ2) is 10.1. The molecule has 1 amide bonds. The van der Waals surface area contributed by atoms with Gasteiger partial charge in [-0.25, -0.2) is 0 Å². The molecular weight excluding hydrogens is 347 g/mol. The summed E-state index contributed by atoms with van der Waals surface area (Å²) in [6, 6.07) is 5.76. The predicted octanol–water partition coefficient (Wildman–Crippen LogP) is 3.82. The number of hydrogen-bond acceptors (Lipinski definition) is 3. The number of rotatable bonds is 6. The number of carbonyl (C=O) groups is 1. The number of likely N-dealkylation sites (tertiary alicyclic amines) is 1. The second-order valence-corrected chi connectivity index (χ2v) is 6.87. The summed E-state index contributed by atoms with van der Waals surface area (Å²) in [5, 5.41) is 0.737. The fraction of sp³-hybridized carbons (Fsp3) is 0.611. The lowest BCUT2D eigenvalue weighted by molar-refractivity contribution is -0.133. The number of halogens is 2. The summed E-state index contributed by atoms with van der Waals surface area (Å²) in [7, 11) is 0. The molecule has 2 atom stereocenters. The van der Waals surface area contributed by atoms with Gasteiger partial charge in [0.1, 0.15) is 5.75 Å². The van der Waals surface area contributed by atoms with E-state index < -0.39 is 0 Å². The molecule has 136 valence electrons. The standard InChI is InChI=1S/C18H27ClN2O2.ClH/c1-13-11-16(7-8-17(13)19)23-10-4-6-18(22)21-9-3-5-15(12-21)14(2)20;/h7-8,11,14-15H,3-6,9-10,12,20H2,1-2H3;1H. The van der Waals surface area contributed by atoms with E-state index in [1.54, 1.807) is 0 Å². The lowest BCUT2D eigenvalue weighted by Gasteiger charge is -2.34. The van der Waals surface area contributed by atoms with E-state index in [-0.39, 0.29) is 24.4 Å². The van der Waals surface area contributed by atoms with Gasteiger partial charge < -0.3 is 15.4 Å². The summed E-state index contributed by atoms with van der Waals surface area (Å²) in [6.45, 7) is 6.18. The number of benzene rings is 1. The van der Waals surface area contributed by atoms with Crippen LogP contribution < -0.4 is 10.5 Å². The van der Waals surface area contributed by atoms with E-state index in [0.29, 0.717) is 18.9 Å². The van der Waals surface area contributed by atoms with E-state index in [9.17, 15) is 4.79 Å². The van der Waals surface area contributed by atoms with Crippen LogP contribution >= 0.6 is 24.0 Å². The van der Waals surface area contributed by atoms with Gasteiger partial charge in [0.05, 0.1) is 6.61 Å². The molecule has 0 bridgehead atoms. The van der Waals surface area contributed by atoms with Gasteiger partial charge in [0.15, 0.2) is 0 Å². The molecule has 0 spiro atoms. The van der Waals surface area contributed by atoms with Gasteiger partial charge in [-0.1, -0.05) is 11.6 Å². The van der Waals surface area contributed by atoms with Crippen LogP contribution in [-0.4, -0.2) is 36.5 Å². The SMILES string of the molecule is Cc1cc(OCCCC(=O)N2CCCC(C(C)N)C2)ccc1Cl.Cl. The Labute approximate surface area is 156 Å². The van der Waals surface area contributed by atoms with Crippen LogP contribution in [0, 0.1) is 12.8 Å². The third kappa shape index (κ3) is 6.15. The molecule has 0 aromatic heterocycles. The van der Waals surface area contributed by atoms with Gasteiger partial charge in [-0.3, -0.25) is 4.79 Å². The largest absolute Gasteiger partial charge is 0.494 e. The maximum atomic E-state index is 12.3. The Balaban J connectivity index is 0.00000288. The summed E-state index contributed by atoms with van der Waals surface area (Å²) in [5.74, 6) is 1.45. The van der Waals surface area contributed by atoms with Crippen molar-refractivity contribution in [1.29, 1.82) is 0 Å². The van der Waals surface area contributed by atoms with E-state index in [2.05, 4.69) is 0 Å². The number of aryl methyl sites for hydroxylation is 1. The Morgan fingerprint density at radius 1 is 1.50 bits per heavy atom. The number of amides is 1. The van der Waals surface area contributed by atoms with Crippen molar-refractivity contribution in [3.63, 3.8) is 0 Å². The van der Waals surface area contributed by atoms with Crippen LogP contribution in [0.4, 0.5) is 0 Å². The number of nitrogens with zero attached hydrogens (tertiary/aromatic N) is 1. The molecule has 2 N–H and O–H groups in total. The van der Waals surface area contributed by atoms with Gasteiger partial charge in [-0.15, -0.1) is 12.4 Å². The highest BCUT2D eigenvalue weighted by molar-refractivity contribution is 6.31. The number of ether oxygens (including phenoxy) is 1. The number of piperidine rings is 1. The maximum Gasteiger partial charge on any atom is 0.222 e. The minimum absolute atomic E-state index is 0. The molecule has 0 radical (unpaired) electrons. The zero-order valence-corrected chi connectivity index (χ0v) is 16.0. The normalized spacial score (nSPS) is 18.7. The topological polar surface area (TPSA) is 55.6 Å².